The molecule has 2 aliphatic rings. The highest BCUT2D eigenvalue weighted by Gasteiger charge is 2.21. The maximum Gasteiger partial charge on any atom is 0.351 e. The van der Waals surface area contributed by atoms with E-state index in [4.69, 9.17) is 14.2 Å². The normalized spacial score (nSPS) is 18.8. The molecule has 1 saturated heterocycles. The van der Waals surface area contributed by atoms with Crippen molar-refractivity contribution in [3.05, 3.63) is 45.9 Å². The van der Waals surface area contributed by atoms with Crippen molar-refractivity contribution in [1.29, 1.82) is 0 Å². The Kier molecular flexibility index (Phi) is 5.74. The highest BCUT2D eigenvalue weighted by Crippen LogP contribution is 2.31. The summed E-state index contributed by atoms with van der Waals surface area (Å²) in [6, 6.07) is 8.49. The second-order valence-electron chi connectivity index (χ2n) is 9.09. The van der Waals surface area contributed by atoms with Gasteiger partial charge in [-0.3, -0.25) is 4.57 Å². The lowest BCUT2D eigenvalue weighted by Crippen LogP contribution is -2.34. The van der Waals surface area contributed by atoms with Crippen molar-refractivity contribution in [2.24, 2.45) is 5.41 Å². The number of aromatic nitrogens is 2. The van der Waals surface area contributed by atoms with Crippen LogP contribution in [0.3, 0.4) is 0 Å². The number of hydrogen-bond acceptors (Lipinski definition) is 5. The molecule has 6 nitrogen and oxygen atoms in total. The van der Waals surface area contributed by atoms with Crippen LogP contribution in [0.25, 0.3) is 11.3 Å². The summed E-state index contributed by atoms with van der Waals surface area (Å²) in [5.41, 5.74) is 4.68. The Labute approximate surface area is 171 Å². The fourth-order valence-electron chi connectivity index (χ4n) is 3.82. The molecule has 0 radical (unpaired) electrons. The first-order valence-electron chi connectivity index (χ1n) is 10.5. The third-order valence-electron chi connectivity index (χ3n) is 5.50. The van der Waals surface area contributed by atoms with Crippen LogP contribution in [0.1, 0.15) is 38.3 Å². The van der Waals surface area contributed by atoms with E-state index in [2.05, 4.69) is 44.0 Å². The van der Waals surface area contributed by atoms with E-state index in [-0.39, 0.29) is 11.8 Å². The van der Waals surface area contributed by atoms with Gasteiger partial charge in [-0.1, -0.05) is 39.0 Å². The summed E-state index contributed by atoms with van der Waals surface area (Å²) in [4.78, 5) is 16.6. The van der Waals surface area contributed by atoms with Gasteiger partial charge in [0.15, 0.2) is 0 Å². The fourth-order valence-corrected chi connectivity index (χ4v) is 3.82. The molecular weight excluding hydrogens is 368 g/mol. The average Bonchev–Trinajstić information content (AvgIpc) is 2.70. The number of aryl methyl sites for hydroxylation is 2. The largest absolute Gasteiger partial charge is 0.475 e. The van der Waals surface area contributed by atoms with Gasteiger partial charge in [0.2, 0.25) is 5.88 Å². The molecule has 0 amide bonds. The van der Waals surface area contributed by atoms with Crippen LogP contribution in [0.5, 0.6) is 5.88 Å². The summed E-state index contributed by atoms with van der Waals surface area (Å²) in [5, 5.41) is 0. The van der Waals surface area contributed by atoms with E-state index in [1.54, 1.807) is 4.57 Å². The van der Waals surface area contributed by atoms with E-state index < -0.39 is 0 Å². The van der Waals surface area contributed by atoms with Gasteiger partial charge in [0.1, 0.15) is 12.7 Å². The van der Waals surface area contributed by atoms with E-state index in [1.807, 2.05) is 6.07 Å². The summed E-state index contributed by atoms with van der Waals surface area (Å²) in [5.74, 6) is 0.347. The number of ether oxygens (including phenoxy) is 3. The minimum absolute atomic E-state index is 0.123. The Morgan fingerprint density at radius 3 is 2.86 bits per heavy atom. The zero-order chi connectivity index (χ0) is 20.4. The second kappa shape index (κ2) is 8.28. The van der Waals surface area contributed by atoms with Gasteiger partial charge in [0, 0.05) is 18.2 Å². The number of rotatable bonds is 5. The van der Waals surface area contributed by atoms with E-state index in [0.29, 0.717) is 44.3 Å². The van der Waals surface area contributed by atoms with Gasteiger partial charge in [-0.25, -0.2) is 4.79 Å². The molecule has 29 heavy (non-hydrogen) atoms. The van der Waals surface area contributed by atoms with Crippen LogP contribution in [-0.4, -0.2) is 42.1 Å². The maximum absolute atomic E-state index is 12.5. The van der Waals surface area contributed by atoms with E-state index in [0.717, 1.165) is 30.5 Å². The molecule has 6 heteroatoms. The summed E-state index contributed by atoms with van der Waals surface area (Å²) < 4.78 is 18.5. The van der Waals surface area contributed by atoms with Gasteiger partial charge >= 0.3 is 5.69 Å². The molecule has 0 aliphatic carbocycles. The topological polar surface area (TPSA) is 62.6 Å². The predicted molar refractivity (Wildman–Crippen MR) is 111 cm³/mol. The van der Waals surface area contributed by atoms with Crippen LogP contribution < -0.4 is 10.4 Å². The minimum atomic E-state index is -0.263. The quantitative estimate of drug-likeness (QED) is 0.774. The standard InChI is InChI=1S/C23H30N2O4/c1-23(2,3)8-6-16-4-5-19-17(12-16)7-9-25-20(19)13-21(24-22(25)26)29-15-18-14-27-10-11-28-18/h4-5,12-13,18H,6-11,14-15H2,1-3H3/t18-/m0/s1. The highest BCUT2D eigenvalue weighted by atomic mass is 16.6. The van der Waals surface area contributed by atoms with Gasteiger partial charge in [-0.15, -0.1) is 0 Å². The zero-order valence-electron chi connectivity index (χ0n) is 17.6. The van der Waals surface area contributed by atoms with Gasteiger partial charge in [-0.2, -0.15) is 4.98 Å². The number of hydrogen-bond donors (Lipinski definition) is 0. The van der Waals surface area contributed by atoms with E-state index in [9.17, 15) is 4.79 Å². The molecule has 0 spiro atoms. The van der Waals surface area contributed by atoms with Gasteiger partial charge in [0.25, 0.3) is 0 Å². The summed E-state index contributed by atoms with van der Waals surface area (Å²) >= 11 is 0. The molecule has 0 bridgehead atoms. The van der Waals surface area contributed by atoms with Crippen LogP contribution >= 0.6 is 0 Å². The van der Waals surface area contributed by atoms with Crippen molar-refractivity contribution < 1.29 is 14.2 Å². The Balaban J connectivity index is 1.55. The molecule has 0 unspecified atom stereocenters. The van der Waals surface area contributed by atoms with Crippen LogP contribution in [0.4, 0.5) is 0 Å². The molecule has 1 fully saturated rings. The van der Waals surface area contributed by atoms with Gasteiger partial charge in [-0.05, 0) is 35.8 Å². The predicted octanol–water partition coefficient (Wildman–Crippen LogP) is 3.24. The smallest absolute Gasteiger partial charge is 0.351 e. The fraction of sp³-hybridized carbons (Fsp3) is 0.565. The Bertz CT molecular complexity index is 923. The van der Waals surface area contributed by atoms with Gasteiger partial charge in [0.05, 0.1) is 25.5 Å². The van der Waals surface area contributed by atoms with E-state index in [1.165, 1.54) is 11.1 Å². The Morgan fingerprint density at radius 2 is 2.10 bits per heavy atom. The molecule has 1 atom stereocenters. The van der Waals surface area contributed by atoms with Crippen molar-refractivity contribution in [2.75, 3.05) is 26.4 Å². The second-order valence-corrected chi connectivity index (χ2v) is 9.09. The Hall–Kier alpha value is -2.18. The maximum atomic E-state index is 12.5. The van der Waals surface area contributed by atoms with Crippen molar-refractivity contribution in [2.45, 2.75) is 52.7 Å². The number of nitrogens with zero attached hydrogens (tertiary/aromatic N) is 2. The molecule has 1 aromatic heterocycles. The van der Waals surface area contributed by atoms with Crippen molar-refractivity contribution >= 4 is 0 Å². The van der Waals surface area contributed by atoms with Crippen molar-refractivity contribution in [3.63, 3.8) is 0 Å². The molecule has 0 saturated carbocycles. The Morgan fingerprint density at radius 1 is 1.24 bits per heavy atom. The van der Waals surface area contributed by atoms with Crippen LogP contribution in [0.2, 0.25) is 0 Å². The monoisotopic (exact) mass is 398 g/mol. The molecular formula is C23H30N2O4. The molecule has 4 rings (SSSR count). The van der Waals surface area contributed by atoms with Gasteiger partial charge < -0.3 is 14.2 Å². The van der Waals surface area contributed by atoms with Crippen LogP contribution in [-0.2, 0) is 28.9 Å². The third-order valence-corrected chi connectivity index (χ3v) is 5.50. The lowest BCUT2D eigenvalue weighted by atomic mass is 9.87. The number of fused-ring (bicyclic) bond motifs is 3. The SMILES string of the molecule is CC(C)(C)CCc1ccc2c(c1)CCn1c-2cc(OC[C@@H]2COCCO2)nc1=O. The summed E-state index contributed by atoms with van der Waals surface area (Å²) in [6.45, 7) is 9.48. The van der Waals surface area contributed by atoms with Crippen molar-refractivity contribution in [3.8, 4) is 17.1 Å². The summed E-state index contributed by atoms with van der Waals surface area (Å²) in [7, 11) is 0. The molecule has 3 heterocycles. The average molecular weight is 399 g/mol. The first-order chi connectivity index (χ1) is 13.9. The molecule has 2 aliphatic heterocycles. The first kappa shape index (κ1) is 20.1. The van der Waals surface area contributed by atoms with Crippen LogP contribution in [0, 0.1) is 5.41 Å². The molecule has 0 N–H and O–H groups in total. The number of benzene rings is 1. The lowest BCUT2D eigenvalue weighted by Gasteiger charge is -2.24. The first-order valence-corrected chi connectivity index (χ1v) is 10.5. The van der Waals surface area contributed by atoms with E-state index >= 15 is 0 Å². The summed E-state index contributed by atoms with van der Waals surface area (Å²) in [6.07, 6.45) is 2.94. The zero-order valence-corrected chi connectivity index (χ0v) is 17.6. The molecule has 1 aromatic carbocycles. The third kappa shape index (κ3) is 4.87. The minimum Gasteiger partial charge on any atom is -0.475 e. The van der Waals surface area contributed by atoms with Crippen LogP contribution in [0.15, 0.2) is 29.1 Å². The molecule has 2 aromatic rings. The highest BCUT2D eigenvalue weighted by molar-refractivity contribution is 5.67. The van der Waals surface area contributed by atoms with Crippen molar-refractivity contribution in [1.82, 2.24) is 9.55 Å². The lowest BCUT2D eigenvalue weighted by molar-refractivity contribution is -0.102. The molecule has 156 valence electrons.